The molecule has 1 unspecified atom stereocenters. The van der Waals surface area contributed by atoms with Crippen LogP contribution in [0.15, 0.2) is 10.7 Å². The Balaban J connectivity index is 1.68. The molecule has 1 aliphatic heterocycles. The Morgan fingerprint density at radius 2 is 2.00 bits per heavy atom. The van der Waals surface area contributed by atoms with Crippen molar-refractivity contribution in [3.05, 3.63) is 29.0 Å². The van der Waals surface area contributed by atoms with Crippen LogP contribution < -0.4 is 0 Å². The first-order valence-electron chi connectivity index (χ1n) is 11.2. The van der Waals surface area contributed by atoms with Crippen molar-refractivity contribution in [3.8, 4) is 11.3 Å². The zero-order valence-corrected chi connectivity index (χ0v) is 17.9. The maximum absolute atomic E-state index is 13.2. The van der Waals surface area contributed by atoms with Crippen LogP contribution in [-0.4, -0.2) is 32.5 Å². The molecule has 1 atom stereocenters. The summed E-state index contributed by atoms with van der Waals surface area (Å²) in [4.78, 5) is 24.8. The lowest BCUT2D eigenvalue weighted by molar-refractivity contribution is -0.133. The van der Waals surface area contributed by atoms with Gasteiger partial charge < -0.3 is 9.42 Å². The summed E-state index contributed by atoms with van der Waals surface area (Å²) in [5.41, 5.74) is 3.71. The van der Waals surface area contributed by atoms with Gasteiger partial charge in [0.15, 0.2) is 5.76 Å². The van der Waals surface area contributed by atoms with Crippen LogP contribution in [0.1, 0.15) is 87.1 Å². The molecule has 0 N–H and O–H groups in total. The molecule has 2 aliphatic rings. The quantitative estimate of drug-likeness (QED) is 0.691. The second kappa shape index (κ2) is 8.64. The van der Waals surface area contributed by atoms with Gasteiger partial charge in [0.25, 0.3) is 0 Å². The molecule has 6 nitrogen and oxygen atoms in total. The normalized spacial score (nSPS) is 20.0. The van der Waals surface area contributed by atoms with Crippen LogP contribution in [0.3, 0.4) is 0 Å². The van der Waals surface area contributed by atoms with E-state index in [1.54, 1.807) is 0 Å². The van der Waals surface area contributed by atoms with E-state index in [2.05, 4.69) is 22.0 Å². The number of amides is 1. The molecule has 2 fully saturated rings. The number of nitrogens with zero attached hydrogens (tertiary/aromatic N) is 4. The molecular formula is C23H32N4O2. The molecule has 1 saturated carbocycles. The molecular weight excluding hydrogens is 364 g/mol. The minimum absolute atomic E-state index is 0.00214. The predicted octanol–water partition coefficient (Wildman–Crippen LogP) is 4.94. The highest BCUT2D eigenvalue weighted by Crippen LogP contribution is 2.39. The molecule has 0 aromatic carbocycles. The molecule has 0 bridgehead atoms. The fraction of sp³-hybridized carbons (Fsp3) is 0.652. The Kier molecular flexibility index (Phi) is 5.97. The first-order valence-corrected chi connectivity index (χ1v) is 11.2. The molecule has 4 rings (SSSR count). The number of carbonyl (C=O) groups is 1. The summed E-state index contributed by atoms with van der Waals surface area (Å²) in [6.45, 7) is 6.91. The number of aryl methyl sites for hydroxylation is 2. The Morgan fingerprint density at radius 3 is 2.69 bits per heavy atom. The fourth-order valence-corrected chi connectivity index (χ4v) is 4.80. The third-order valence-electron chi connectivity index (χ3n) is 6.57. The lowest BCUT2D eigenvalue weighted by Crippen LogP contribution is -2.32. The van der Waals surface area contributed by atoms with Gasteiger partial charge in [-0.3, -0.25) is 4.79 Å². The molecule has 0 radical (unpaired) electrons. The van der Waals surface area contributed by atoms with Crippen molar-refractivity contribution in [2.24, 2.45) is 5.92 Å². The fourth-order valence-electron chi connectivity index (χ4n) is 4.80. The topological polar surface area (TPSA) is 72.1 Å². The van der Waals surface area contributed by atoms with E-state index in [1.807, 2.05) is 20.0 Å². The van der Waals surface area contributed by atoms with Gasteiger partial charge in [0.1, 0.15) is 5.82 Å². The van der Waals surface area contributed by atoms with Crippen LogP contribution >= 0.6 is 0 Å². The van der Waals surface area contributed by atoms with Gasteiger partial charge in [0, 0.05) is 31.1 Å². The molecule has 2 aromatic rings. The van der Waals surface area contributed by atoms with Crippen molar-refractivity contribution in [1.82, 2.24) is 20.0 Å². The lowest BCUT2D eigenvalue weighted by Gasteiger charge is -2.27. The van der Waals surface area contributed by atoms with E-state index in [-0.39, 0.29) is 11.9 Å². The minimum atomic E-state index is 0.00214. The first-order chi connectivity index (χ1) is 14.1. The number of aromatic nitrogens is 3. The first kappa shape index (κ1) is 20.0. The molecule has 2 aromatic heterocycles. The van der Waals surface area contributed by atoms with E-state index < -0.39 is 0 Å². The van der Waals surface area contributed by atoms with Gasteiger partial charge in [-0.25, -0.2) is 9.97 Å². The molecule has 1 saturated heterocycles. The summed E-state index contributed by atoms with van der Waals surface area (Å²) in [5, 5.41) is 4.13. The number of hydrogen-bond acceptors (Lipinski definition) is 5. The van der Waals surface area contributed by atoms with Gasteiger partial charge in [0.05, 0.1) is 23.0 Å². The number of carbonyl (C=O) groups excluding carboxylic acids is 1. The average molecular weight is 397 g/mol. The standard InChI is InChI=1S/C23H32N4O2/c1-4-8-20-24-14-18(23-15(2)16(3)26-29-23)22(25-20)19-11-7-12-27(19)21(28)13-17-9-5-6-10-17/h14,17,19H,4-13H2,1-3H3. The van der Waals surface area contributed by atoms with Gasteiger partial charge in [-0.15, -0.1) is 0 Å². The Labute approximate surface area is 173 Å². The lowest BCUT2D eigenvalue weighted by atomic mass is 9.99. The smallest absolute Gasteiger partial charge is 0.223 e. The van der Waals surface area contributed by atoms with E-state index in [9.17, 15) is 4.79 Å². The Bertz CT molecular complexity index is 870. The highest BCUT2D eigenvalue weighted by atomic mass is 16.5. The monoisotopic (exact) mass is 396 g/mol. The van der Waals surface area contributed by atoms with Gasteiger partial charge in [-0.05, 0) is 51.9 Å². The second-order valence-corrected chi connectivity index (χ2v) is 8.66. The molecule has 3 heterocycles. The number of rotatable bonds is 6. The molecule has 0 spiro atoms. The van der Waals surface area contributed by atoms with Crippen LogP contribution in [0, 0.1) is 19.8 Å². The highest BCUT2D eigenvalue weighted by Gasteiger charge is 2.35. The van der Waals surface area contributed by atoms with Crippen molar-refractivity contribution in [1.29, 1.82) is 0 Å². The maximum Gasteiger partial charge on any atom is 0.223 e. The third kappa shape index (κ3) is 4.07. The van der Waals surface area contributed by atoms with Gasteiger partial charge >= 0.3 is 0 Å². The van der Waals surface area contributed by atoms with Crippen molar-refractivity contribution >= 4 is 5.91 Å². The summed E-state index contributed by atoms with van der Waals surface area (Å²) in [5.74, 6) is 2.42. The number of hydrogen-bond donors (Lipinski definition) is 0. The van der Waals surface area contributed by atoms with Crippen LogP contribution in [0.4, 0.5) is 0 Å². The largest absolute Gasteiger partial charge is 0.356 e. The summed E-state index contributed by atoms with van der Waals surface area (Å²) >= 11 is 0. The molecule has 156 valence electrons. The van der Waals surface area contributed by atoms with E-state index in [4.69, 9.17) is 9.51 Å². The zero-order valence-electron chi connectivity index (χ0n) is 17.9. The molecule has 1 aliphatic carbocycles. The minimum Gasteiger partial charge on any atom is -0.356 e. The van der Waals surface area contributed by atoms with E-state index in [0.717, 1.165) is 66.3 Å². The SMILES string of the molecule is CCCc1ncc(-c2onc(C)c2C)c(C2CCCN2C(=O)CC2CCCC2)n1. The summed E-state index contributed by atoms with van der Waals surface area (Å²) in [6, 6.07) is 0.00214. The van der Waals surface area contributed by atoms with E-state index >= 15 is 0 Å². The molecule has 6 heteroatoms. The Morgan fingerprint density at radius 1 is 1.21 bits per heavy atom. The van der Waals surface area contributed by atoms with Crippen LogP contribution in [0.5, 0.6) is 0 Å². The van der Waals surface area contributed by atoms with Crippen molar-refractivity contribution in [3.63, 3.8) is 0 Å². The van der Waals surface area contributed by atoms with Gasteiger partial charge in [-0.1, -0.05) is 24.9 Å². The average Bonchev–Trinajstić information content (AvgIpc) is 3.45. The second-order valence-electron chi connectivity index (χ2n) is 8.66. The van der Waals surface area contributed by atoms with Crippen molar-refractivity contribution in [2.45, 2.75) is 84.6 Å². The van der Waals surface area contributed by atoms with Crippen molar-refractivity contribution in [2.75, 3.05) is 6.54 Å². The van der Waals surface area contributed by atoms with Gasteiger partial charge in [0.2, 0.25) is 5.91 Å². The highest BCUT2D eigenvalue weighted by molar-refractivity contribution is 5.78. The summed E-state index contributed by atoms with van der Waals surface area (Å²) < 4.78 is 5.65. The summed E-state index contributed by atoms with van der Waals surface area (Å²) in [7, 11) is 0. The Hall–Kier alpha value is -2.24. The van der Waals surface area contributed by atoms with Crippen LogP contribution in [-0.2, 0) is 11.2 Å². The third-order valence-corrected chi connectivity index (χ3v) is 6.57. The maximum atomic E-state index is 13.2. The van der Waals surface area contributed by atoms with Crippen molar-refractivity contribution < 1.29 is 9.32 Å². The zero-order chi connectivity index (χ0) is 20.4. The van der Waals surface area contributed by atoms with Gasteiger partial charge in [-0.2, -0.15) is 0 Å². The van der Waals surface area contributed by atoms with E-state index in [0.29, 0.717) is 12.3 Å². The van der Waals surface area contributed by atoms with E-state index in [1.165, 1.54) is 25.7 Å². The summed E-state index contributed by atoms with van der Waals surface area (Å²) in [6.07, 6.45) is 11.3. The molecule has 1 amide bonds. The molecule has 29 heavy (non-hydrogen) atoms. The number of likely N-dealkylation sites (tertiary alicyclic amines) is 1. The van der Waals surface area contributed by atoms with Crippen LogP contribution in [0.25, 0.3) is 11.3 Å². The predicted molar refractivity (Wildman–Crippen MR) is 111 cm³/mol. The van der Waals surface area contributed by atoms with Crippen LogP contribution in [0.2, 0.25) is 0 Å².